The molecule has 0 aliphatic heterocycles. The largest absolute Gasteiger partial charge is 0.481 e. The van der Waals surface area contributed by atoms with E-state index < -0.39 is 5.97 Å². The molecule has 0 unspecified atom stereocenters. The molecule has 0 fully saturated rings. The maximum atomic E-state index is 10.7. The zero-order valence-electron chi connectivity index (χ0n) is 11.6. The first-order chi connectivity index (χ1) is 10.2. The second kappa shape index (κ2) is 5.80. The lowest BCUT2D eigenvalue weighted by molar-refractivity contribution is -0.136. The third kappa shape index (κ3) is 3.11. The van der Waals surface area contributed by atoms with E-state index in [9.17, 15) is 4.79 Å². The van der Waals surface area contributed by atoms with Gasteiger partial charge in [-0.15, -0.1) is 0 Å². The summed E-state index contributed by atoms with van der Waals surface area (Å²) in [6, 6.07) is 22.5. The summed E-state index contributed by atoms with van der Waals surface area (Å²) in [5.74, 6) is -0.795. The number of carboxylic acids is 1. The molecule has 0 aromatic heterocycles. The first kappa shape index (κ1) is 13.4. The Hall–Kier alpha value is -2.61. The van der Waals surface area contributed by atoms with E-state index in [1.807, 2.05) is 30.3 Å². The van der Waals surface area contributed by atoms with Gasteiger partial charge in [0, 0.05) is 0 Å². The summed E-state index contributed by atoms with van der Waals surface area (Å²) in [5.41, 5.74) is 3.32. The second-order valence-corrected chi connectivity index (χ2v) is 5.20. The molecular weight excluding hydrogens is 260 g/mol. The van der Waals surface area contributed by atoms with Crippen molar-refractivity contribution < 1.29 is 9.90 Å². The highest BCUT2D eigenvalue weighted by atomic mass is 16.4. The molecule has 0 amide bonds. The zero-order chi connectivity index (χ0) is 14.7. The van der Waals surface area contributed by atoms with Crippen LogP contribution in [0.15, 0.2) is 66.7 Å². The monoisotopic (exact) mass is 276 g/mol. The molecular formula is C19H16O2. The highest BCUT2D eigenvalue weighted by Crippen LogP contribution is 2.21. The Labute approximate surface area is 123 Å². The number of carbonyl (C=O) groups is 1. The number of fused-ring (bicyclic) bond motifs is 1. The van der Waals surface area contributed by atoms with Gasteiger partial charge in [-0.05, 0) is 33.9 Å². The van der Waals surface area contributed by atoms with Gasteiger partial charge in [0.15, 0.2) is 0 Å². The molecule has 3 aromatic carbocycles. The van der Waals surface area contributed by atoms with E-state index in [1.54, 1.807) is 0 Å². The van der Waals surface area contributed by atoms with Crippen LogP contribution in [-0.4, -0.2) is 11.1 Å². The molecule has 2 heteroatoms. The summed E-state index contributed by atoms with van der Waals surface area (Å²) < 4.78 is 0. The van der Waals surface area contributed by atoms with Gasteiger partial charge in [0.1, 0.15) is 0 Å². The van der Waals surface area contributed by atoms with Crippen LogP contribution in [0.2, 0.25) is 0 Å². The van der Waals surface area contributed by atoms with Crippen molar-refractivity contribution in [2.45, 2.75) is 12.8 Å². The summed E-state index contributed by atoms with van der Waals surface area (Å²) in [5, 5.41) is 11.3. The van der Waals surface area contributed by atoms with Crippen LogP contribution >= 0.6 is 0 Å². The fourth-order valence-corrected chi connectivity index (χ4v) is 2.62. The van der Waals surface area contributed by atoms with Crippen LogP contribution in [-0.2, 0) is 17.6 Å². The molecule has 0 bridgehead atoms. The van der Waals surface area contributed by atoms with Crippen LogP contribution < -0.4 is 0 Å². The molecule has 1 N–H and O–H groups in total. The van der Waals surface area contributed by atoms with E-state index in [2.05, 4.69) is 36.4 Å². The lowest BCUT2D eigenvalue weighted by Crippen LogP contribution is -2.00. The Bertz CT molecular complexity index is 768. The van der Waals surface area contributed by atoms with Crippen molar-refractivity contribution >= 4 is 16.7 Å². The van der Waals surface area contributed by atoms with Crippen molar-refractivity contribution in [3.8, 4) is 0 Å². The Kier molecular flexibility index (Phi) is 3.69. The van der Waals surface area contributed by atoms with Gasteiger partial charge < -0.3 is 5.11 Å². The molecule has 0 radical (unpaired) electrons. The third-order valence-electron chi connectivity index (χ3n) is 3.65. The number of hydrogen-bond donors (Lipinski definition) is 1. The first-order valence-electron chi connectivity index (χ1n) is 6.98. The van der Waals surface area contributed by atoms with E-state index in [1.165, 1.54) is 21.9 Å². The molecule has 0 heterocycles. The molecule has 0 saturated carbocycles. The average Bonchev–Trinajstić information content (AvgIpc) is 2.49. The van der Waals surface area contributed by atoms with Crippen LogP contribution in [0, 0.1) is 0 Å². The van der Waals surface area contributed by atoms with Gasteiger partial charge in [0.25, 0.3) is 0 Å². The molecule has 0 saturated heterocycles. The topological polar surface area (TPSA) is 37.3 Å². The van der Waals surface area contributed by atoms with Gasteiger partial charge in [-0.2, -0.15) is 0 Å². The van der Waals surface area contributed by atoms with Crippen molar-refractivity contribution in [2.75, 3.05) is 0 Å². The number of carboxylic acid groups (broad SMARTS) is 1. The molecule has 0 aliphatic rings. The van der Waals surface area contributed by atoms with Crippen molar-refractivity contribution in [1.82, 2.24) is 0 Å². The Morgan fingerprint density at radius 1 is 0.810 bits per heavy atom. The van der Waals surface area contributed by atoms with Gasteiger partial charge >= 0.3 is 5.97 Å². The summed E-state index contributed by atoms with van der Waals surface area (Å²) in [7, 11) is 0. The van der Waals surface area contributed by atoms with E-state index >= 15 is 0 Å². The minimum Gasteiger partial charge on any atom is -0.481 e. The van der Waals surface area contributed by atoms with Crippen LogP contribution in [0.25, 0.3) is 10.8 Å². The SMILES string of the molecule is O=C(O)Cc1ccc(Cc2cccc3ccccc23)cc1. The molecule has 0 spiro atoms. The Balaban J connectivity index is 1.87. The molecule has 0 atom stereocenters. The van der Waals surface area contributed by atoms with Crippen LogP contribution in [0.3, 0.4) is 0 Å². The summed E-state index contributed by atoms with van der Waals surface area (Å²) in [4.78, 5) is 10.7. The molecule has 3 aromatic rings. The standard InChI is InChI=1S/C19H16O2/c20-19(21)13-15-10-8-14(9-11-15)12-17-6-3-5-16-4-1-2-7-18(16)17/h1-11H,12-13H2,(H,20,21). The Morgan fingerprint density at radius 2 is 1.48 bits per heavy atom. The van der Waals surface area contributed by atoms with Crippen LogP contribution in [0.5, 0.6) is 0 Å². The van der Waals surface area contributed by atoms with E-state index in [4.69, 9.17) is 5.11 Å². The van der Waals surface area contributed by atoms with Gasteiger partial charge in [0.2, 0.25) is 0 Å². The summed E-state index contributed by atoms with van der Waals surface area (Å²) in [6.07, 6.45) is 0.934. The molecule has 3 rings (SSSR count). The predicted octanol–water partition coefficient (Wildman–Crippen LogP) is 4.06. The first-order valence-corrected chi connectivity index (χ1v) is 6.98. The summed E-state index contributed by atoms with van der Waals surface area (Å²) >= 11 is 0. The highest BCUT2D eigenvalue weighted by molar-refractivity contribution is 5.85. The van der Waals surface area contributed by atoms with Gasteiger partial charge in [0.05, 0.1) is 6.42 Å². The fraction of sp³-hybridized carbons (Fsp3) is 0.105. The second-order valence-electron chi connectivity index (χ2n) is 5.20. The predicted molar refractivity (Wildman–Crippen MR) is 84.5 cm³/mol. The fourth-order valence-electron chi connectivity index (χ4n) is 2.62. The number of hydrogen-bond acceptors (Lipinski definition) is 1. The average molecular weight is 276 g/mol. The third-order valence-corrected chi connectivity index (χ3v) is 3.65. The van der Waals surface area contributed by atoms with Crippen molar-refractivity contribution in [1.29, 1.82) is 0 Å². The Morgan fingerprint density at radius 3 is 2.24 bits per heavy atom. The maximum absolute atomic E-state index is 10.7. The molecule has 21 heavy (non-hydrogen) atoms. The number of benzene rings is 3. The number of rotatable bonds is 4. The van der Waals surface area contributed by atoms with Crippen molar-refractivity contribution in [3.05, 3.63) is 83.4 Å². The molecule has 0 aliphatic carbocycles. The maximum Gasteiger partial charge on any atom is 0.307 e. The van der Waals surface area contributed by atoms with E-state index in [0.29, 0.717) is 0 Å². The molecule has 2 nitrogen and oxygen atoms in total. The number of aliphatic carboxylic acids is 1. The normalized spacial score (nSPS) is 10.7. The van der Waals surface area contributed by atoms with Gasteiger partial charge in [-0.1, -0.05) is 66.7 Å². The molecule has 104 valence electrons. The minimum absolute atomic E-state index is 0.0779. The zero-order valence-corrected chi connectivity index (χ0v) is 11.6. The van der Waals surface area contributed by atoms with Crippen molar-refractivity contribution in [3.63, 3.8) is 0 Å². The van der Waals surface area contributed by atoms with E-state index in [-0.39, 0.29) is 6.42 Å². The lowest BCUT2D eigenvalue weighted by atomic mass is 9.98. The van der Waals surface area contributed by atoms with Crippen molar-refractivity contribution in [2.24, 2.45) is 0 Å². The summed E-state index contributed by atoms with van der Waals surface area (Å²) in [6.45, 7) is 0. The quantitative estimate of drug-likeness (QED) is 0.780. The van der Waals surface area contributed by atoms with Crippen LogP contribution in [0.1, 0.15) is 16.7 Å². The van der Waals surface area contributed by atoms with E-state index in [0.717, 1.165) is 12.0 Å². The van der Waals surface area contributed by atoms with Crippen LogP contribution in [0.4, 0.5) is 0 Å². The highest BCUT2D eigenvalue weighted by Gasteiger charge is 2.03. The van der Waals surface area contributed by atoms with Gasteiger partial charge in [-0.25, -0.2) is 0 Å². The smallest absolute Gasteiger partial charge is 0.307 e. The minimum atomic E-state index is -0.795. The van der Waals surface area contributed by atoms with Gasteiger partial charge in [-0.3, -0.25) is 4.79 Å². The lowest BCUT2D eigenvalue weighted by Gasteiger charge is -2.07.